The molecule has 0 fully saturated rings. The second kappa shape index (κ2) is 7.44. The highest BCUT2D eigenvalue weighted by Gasteiger charge is 2.19. The second-order valence-corrected chi connectivity index (χ2v) is 5.55. The molecule has 0 atom stereocenters. The van der Waals surface area contributed by atoms with Crippen molar-refractivity contribution in [3.63, 3.8) is 0 Å². The molecule has 0 spiro atoms. The Labute approximate surface area is 125 Å². The number of hydrogen-bond acceptors (Lipinski definition) is 3. The number of carbonyl (C=O) groups excluding carboxylic acids is 2. The molecule has 0 saturated heterocycles. The number of rotatable bonds is 6. The summed E-state index contributed by atoms with van der Waals surface area (Å²) in [6.45, 7) is 5.90. The van der Waals surface area contributed by atoms with Crippen LogP contribution in [0.25, 0.3) is 0 Å². The number of carbonyl (C=O) groups is 2. The summed E-state index contributed by atoms with van der Waals surface area (Å²) in [5.41, 5.74) is 0.644. The summed E-state index contributed by atoms with van der Waals surface area (Å²) in [6.07, 6.45) is 1.85. The van der Waals surface area contributed by atoms with Crippen LogP contribution in [0.4, 0.5) is 0 Å². The van der Waals surface area contributed by atoms with Gasteiger partial charge < -0.3 is 10.6 Å². The van der Waals surface area contributed by atoms with Gasteiger partial charge in [-0.25, -0.2) is 0 Å². The molecule has 0 unspecified atom stereocenters. The summed E-state index contributed by atoms with van der Waals surface area (Å²) >= 11 is 0. The molecule has 1 aromatic rings. The molecule has 0 bridgehead atoms. The normalized spacial score (nSPS) is 10.6. The van der Waals surface area contributed by atoms with E-state index >= 15 is 0 Å². The molecular formula is C16H21N3O2. The number of hydrogen-bond donors (Lipinski definition) is 2. The number of amides is 2. The molecule has 2 amide bonds. The number of nitrogens with zero attached hydrogens (tertiary/aromatic N) is 1. The lowest BCUT2D eigenvalue weighted by molar-refractivity contribution is -0.121. The predicted molar refractivity (Wildman–Crippen MR) is 80.6 cm³/mol. The second-order valence-electron chi connectivity index (χ2n) is 5.55. The van der Waals surface area contributed by atoms with Gasteiger partial charge in [-0.3, -0.25) is 9.59 Å². The minimum atomic E-state index is -0.331. The topological polar surface area (TPSA) is 82.0 Å². The number of nitriles is 1. The van der Waals surface area contributed by atoms with Gasteiger partial charge in [-0.15, -0.1) is 0 Å². The first-order valence-corrected chi connectivity index (χ1v) is 6.97. The lowest BCUT2D eigenvalue weighted by Crippen LogP contribution is -2.47. The predicted octanol–water partition coefficient (Wildman–Crippen LogP) is 1.98. The molecule has 0 aliphatic heterocycles. The fourth-order valence-electron chi connectivity index (χ4n) is 2.07. The monoisotopic (exact) mass is 287 g/mol. The quantitative estimate of drug-likeness (QED) is 0.839. The van der Waals surface area contributed by atoms with Crippen LogP contribution in [-0.4, -0.2) is 23.9 Å². The highest BCUT2D eigenvalue weighted by Crippen LogP contribution is 2.10. The average Bonchev–Trinajstić information content (AvgIpc) is 2.44. The number of benzene rings is 1. The largest absolute Gasteiger partial charge is 0.350 e. The Morgan fingerprint density at radius 1 is 1.24 bits per heavy atom. The molecule has 2 N–H and O–H groups in total. The van der Waals surface area contributed by atoms with Crippen LogP contribution in [0.5, 0.6) is 0 Å². The minimum absolute atomic E-state index is 0.0635. The van der Waals surface area contributed by atoms with E-state index in [9.17, 15) is 9.59 Å². The van der Waals surface area contributed by atoms with Crippen LogP contribution in [-0.2, 0) is 4.79 Å². The van der Waals surface area contributed by atoms with Crippen molar-refractivity contribution in [2.75, 3.05) is 6.54 Å². The van der Waals surface area contributed by atoms with Crippen molar-refractivity contribution in [3.8, 4) is 6.07 Å². The van der Waals surface area contributed by atoms with Crippen molar-refractivity contribution in [2.24, 2.45) is 0 Å². The van der Waals surface area contributed by atoms with Gasteiger partial charge >= 0.3 is 0 Å². The third-order valence-electron chi connectivity index (χ3n) is 3.04. The lowest BCUT2D eigenvalue weighted by Gasteiger charge is -2.25. The van der Waals surface area contributed by atoms with E-state index in [1.807, 2.05) is 19.9 Å². The molecule has 1 aromatic carbocycles. The smallest absolute Gasteiger partial charge is 0.251 e. The van der Waals surface area contributed by atoms with Crippen LogP contribution in [0, 0.1) is 11.3 Å². The summed E-state index contributed by atoms with van der Waals surface area (Å²) in [4.78, 5) is 23.7. The summed E-state index contributed by atoms with van der Waals surface area (Å²) in [6, 6.07) is 8.25. The van der Waals surface area contributed by atoms with Crippen molar-refractivity contribution >= 4 is 11.8 Å². The summed E-state index contributed by atoms with van der Waals surface area (Å²) in [7, 11) is 0. The van der Waals surface area contributed by atoms with Crippen LogP contribution in [0.1, 0.15) is 49.5 Å². The van der Waals surface area contributed by atoms with Gasteiger partial charge in [0.05, 0.1) is 18.2 Å². The van der Waals surface area contributed by atoms with Gasteiger partial charge in [-0.2, -0.15) is 5.26 Å². The molecule has 5 nitrogen and oxygen atoms in total. The van der Waals surface area contributed by atoms with Crippen molar-refractivity contribution in [2.45, 2.75) is 39.2 Å². The van der Waals surface area contributed by atoms with E-state index < -0.39 is 0 Å². The van der Waals surface area contributed by atoms with Gasteiger partial charge in [0.1, 0.15) is 0 Å². The molecule has 1 rings (SSSR count). The Balaban J connectivity index is 2.49. The van der Waals surface area contributed by atoms with Gasteiger partial charge in [0.2, 0.25) is 5.91 Å². The van der Waals surface area contributed by atoms with Gasteiger partial charge in [-0.05, 0) is 44.5 Å². The van der Waals surface area contributed by atoms with E-state index in [0.717, 1.165) is 12.8 Å². The summed E-state index contributed by atoms with van der Waals surface area (Å²) < 4.78 is 0. The van der Waals surface area contributed by atoms with Crippen molar-refractivity contribution < 1.29 is 9.59 Å². The summed E-state index contributed by atoms with van der Waals surface area (Å²) in [5.74, 6) is -0.543. The van der Waals surface area contributed by atoms with Crippen LogP contribution < -0.4 is 10.6 Å². The standard InChI is InChI=1S/C16H21N3O2/c1-4-9-16(2,3)19-14(20)11-18-15(21)13-7-5-12(10-17)6-8-13/h5-8H,4,9,11H2,1-3H3,(H,18,21)(H,19,20). The Morgan fingerprint density at radius 2 is 1.86 bits per heavy atom. The van der Waals surface area contributed by atoms with Crippen LogP contribution in [0.2, 0.25) is 0 Å². The first kappa shape index (κ1) is 16.7. The minimum Gasteiger partial charge on any atom is -0.350 e. The van der Waals surface area contributed by atoms with Crippen molar-refractivity contribution in [3.05, 3.63) is 35.4 Å². The van der Waals surface area contributed by atoms with Crippen LogP contribution in [0.15, 0.2) is 24.3 Å². The highest BCUT2D eigenvalue weighted by molar-refractivity contribution is 5.96. The van der Waals surface area contributed by atoms with Crippen molar-refractivity contribution in [1.29, 1.82) is 5.26 Å². The SMILES string of the molecule is CCCC(C)(C)NC(=O)CNC(=O)c1ccc(C#N)cc1. The van der Waals surface area contributed by atoms with E-state index in [-0.39, 0.29) is 23.9 Å². The maximum Gasteiger partial charge on any atom is 0.251 e. The van der Waals surface area contributed by atoms with Crippen LogP contribution >= 0.6 is 0 Å². The third kappa shape index (κ3) is 5.65. The molecule has 0 aliphatic carbocycles. The zero-order valence-electron chi connectivity index (χ0n) is 12.7. The fourth-order valence-corrected chi connectivity index (χ4v) is 2.07. The Kier molecular flexibility index (Phi) is 5.92. The molecule has 21 heavy (non-hydrogen) atoms. The first-order chi connectivity index (χ1) is 9.88. The average molecular weight is 287 g/mol. The molecular weight excluding hydrogens is 266 g/mol. The van der Waals surface area contributed by atoms with E-state index in [4.69, 9.17) is 5.26 Å². The number of nitrogens with one attached hydrogen (secondary N) is 2. The van der Waals surface area contributed by atoms with E-state index in [2.05, 4.69) is 17.6 Å². The maximum atomic E-state index is 11.9. The molecule has 0 saturated carbocycles. The van der Waals surface area contributed by atoms with Gasteiger partial charge in [0, 0.05) is 11.1 Å². The highest BCUT2D eigenvalue weighted by atomic mass is 16.2. The molecule has 112 valence electrons. The third-order valence-corrected chi connectivity index (χ3v) is 3.04. The zero-order valence-corrected chi connectivity index (χ0v) is 12.7. The molecule has 0 aromatic heterocycles. The lowest BCUT2D eigenvalue weighted by atomic mass is 9.99. The molecule has 0 aliphatic rings. The zero-order chi connectivity index (χ0) is 15.9. The Bertz CT molecular complexity index is 542. The molecule has 5 heteroatoms. The van der Waals surface area contributed by atoms with Gasteiger partial charge in [-0.1, -0.05) is 13.3 Å². The first-order valence-electron chi connectivity index (χ1n) is 6.97. The van der Waals surface area contributed by atoms with Crippen LogP contribution in [0.3, 0.4) is 0 Å². The molecule has 0 radical (unpaired) electrons. The van der Waals surface area contributed by atoms with Crippen molar-refractivity contribution in [1.82, 2.24) is 10.6 Å². The van der Waals surface area contributed by atoms with E-state index in [0.29, 0.717) is 11.1 Å². The Morgan fingerprint density at radius 3 is 2.38 bits per heavy atom. The Hall–Kier alpha value is -2.35. The fraction of sp³-hybridized carbons (Fsp3) is 0.438. The van der Waals surface area contributed by atoms with E-state index in [1.165, 1.54) is 0 Å². The van der Waals surface area contributed by atoms with Gasteiger partial charge in [0.25, 0.3) is 5.91 Å². The maximum absolute atomic E-state index is 11.9. The van der Waals surface area contributed by atoms with Gasteiger partial charge in [0.15, 0.2) is 0 Å². The molecule has 0 heterocycles. The summed E-state index contributed by atoms with van der Waals surface area (Å²) in [5, 5.41) is 14.1. The van der Waals surface area contributed by atoms with E-state index in [1.54, 1.807) is 24.3 Å².